The standard InChI is InChI=1S/C16H16ClN3/c1-3-20-15-7-5-12(17)9-14(15)19-16(20)11-4-6-13(18)10(2)8-11/h4-9H,3,18H2,1-2H3. The molecule has 0 unspecified atom stereocenters. The van der Waals surface area contributed by atoms with E-state index in [0.717, 1.165) is 40.2 Å². The number of benzene rings is 2. The van der Waals surface area contributed by atoms with Crippen molar-refractivity contribution in [2.75, 3.05) is 5.73 Å². The van der Waals surface area contributed by atoms with Crippen molar-refractivity contribution in [2.24, 2.45) is 0 Å². The Kier molecular flexibility index (Phi) is 3.14. The first-order valence-corrected chi connectivity index (χ1v) is 7.00. The zero-order chi connectivity index (χ0) is 14.3. The number of anilines is 1. The molecule has 1 heterocycles. The first-order chi connectivity index (χ1) is 9.60. The van der Waals surface area contributed by atoms with Crippen molar-refractivity contribution in [3.8, 4) is 11.4 Å². The van der Waals surface area contributed by atoms with Gasteiger partial charge in [-0.3, -0.25) is 0 Å². The SMILES string of the molecule is CCn1c(-c2ccc(N)c(C)c2)nc2cc(Cl)ccc21. The van der Waals surface area contributed by atoms with Gasteiger partial charge in [-0.15, -0.1) is 0 Å². The van der Waals surface area contributed by atoms with Gasteiger partial charge in [-0.05, 0) is 55.8 Å². The minimum absolute atomic E-state index is 0.707. The largest absolute Gasteiger partial charge is 0.399 e. The molecule has 20 heavy (non-hydrogen) atoms. The van der Waals surface area contributed by atoms with Gasteiger partial charge in [0.05, 0.1) is 11.0 Å². The van der Waals surface area contributed by atoms with Crippen LogP contribution in [0.1, 0.15) is 12.5 Å². The van der Waals surface area contributed by atoms with Crippen molar-refractivity contribution in [3.63, 3.8) is 0 Å². The minimum Gasteiger partial charge on any atom is -0.399 e. The van der Waals surface area contributed by atoms with E-state index in [9.17, 15) is 0 Å². The molecule has 0 spiro atoms. The summed E-state index contributed by atoms with van der Waals surface area (Å²) in [5, 5.41) is 0.707. The first kappa shape index (κ1) is 13.0. The third-order valence-electron chi connectivity index (χ3n) is 3.55. The summed E-state index contributed by atoms with van der Waals surface area (Å²) >= 11 is 6.05. The smallest absolute Gasteiger partial charge is 0.141 e. The quantitative estimate of drug-likeness (QED) is 0.715. The molecule has 0 bridgehead atoms. The predicted octanol–water partition coefficient (Wildman–Crippen LogP) is 4.27. The summed E-state index contributed by atoms with van der Waals surface area (Å²) in [5.41, 5.74) is 10.8. The van der Waals surface area contributed by atoms with Gasteiger partial charge in [0, 0.05) is 22.8 Å². The Hall–Kier alpha value is -2.00. The van der Waals surface area contributed by atoms with E-state index in [4.69, 9.17) is 22.3 Å². The molecule has 0 fully saturated rings. The van der Waals surface area contributed by atoms with Crippen LogP contribution >= 0.6 is 11.6 Å². The van der Waals surface area contributed by atoms with Crippen molar-refractivity contribution < 1.29 is 0 Å². The van der Waals surface area contributed by atoms with E-state index >= 15 is 0 Å². The number of aryl methyl sites for hydroxylation is 2. The molecule has 0 aliphatic rings. The fraction of sp³-hybridized carbons (Fsp3) is 0.188. The monoisotopic (exact) mass is 285 g/mol. The van der Waals surface area contributed by atoms with Crippen LogP contribution in [0.5, 0.6) is 0 Å². The molecule has 3 aromatic rings. The second kappa shape index (κ2) is 4.84. The first-order valence-electron chi connectivity index (χ1n) is 6.62. The molecule has 0 saturated heterocycles. The molecule has 3 rings (SSSR count). The number of imidazole rings is 1. The maximum absolute atomic E-state index is 6.05. The van der Waals surface area contributed by atoms with Gasteiger partial charge in [-0.2, -0.15) is 0 Å². The average molecular weight is 286 g/mol. The molecular formula is C16H16ClN3. The lowest BCUT2D eigenvalue weighted by atomic mass is 10.1. The van der Waals surface area contributed by atoms with E-state index < -0.39 is 0 Å². The third kappa shape index (κ3) is 2.04. The molecular weight excluding hydrogens is 270 g/mol. The van der Waals surface area contributed by atoms with Crippen molar-refractivity contribution >= 4 is 28.3 Å². The molecule has 0 atom stereocenters. The zero-order valence-corrected chi connectivity index (χ0v) is 12.3. The fourth-order valence-electron chi connectivity index (χ4n) is 2.46. The van der Waals surface area contributed by atoms with Gasteiger partial charge in [0.25, 0.3) is 0 Å². The van der Waals surface area contributed by atoms with E-state index in [0.29, 0.717) is 5.02 Å². The molecule has 102 valence electrons. The third-order valence-corrected chi connectivity index (χ3v) is 3.79. The molecule has 4 heteroatoms. The lowest BCUT2D eigenvalue weighted by Crippen LogP contribution is -1.98. The summed E-state index contributed by atoms with van der Waals surface area (Å²) in [4.78, 5) is 4.72. The Morgan fingerprint density at radius 1 is 1.20 bits per heavy atom. The van der Waals surface area contributed by atoms with E-state index in [1.807, 2.05) is 37.3 Å². The number of aromatic nitrogens is 2. The number of rotatable bonds is 2. The highest BCUT2D eigenvalue weighted by Crippen LogP contribution is 2.28. The summed E-state index contributed by atoms with van der Waals surface area (Å²) in [7, 11) is 0. The molecule has 3 nitrogen and oxygen atoms in total. The lowest BCUT2D eigenvalue weighted by Gasteiger charge is -2.08. The maximum Gasteiger partial charge on any atom is 0.141 e. The lowest BCUT2D eigenvalue weighted by molar-refractivity contribution is 0.796. The van der Waals surface area contributed by atoms with Crippen LogP contribution in [0.2, 0.25) is 5.02 Å². The Morgan fingerprint density at radius 3 is 2.70 bits per heavy atom. The summed E-state index contributed by atoms with van der Waals surface area (Å²) < 4.78 is 2.19. The number of halogens is 1. The van der Waals surface area contributed by atoms with E-state index in [1.54, 1.807) is 0 Å². The van der Waals surface area contributed by atoms with Crippen molar-refractivity contribution in [1.29, 1.82) is 0 Å². The van der Waals surface area contributed by atoms with Crippen molar-refractivity contribution in [2.45, 2.75) is 20.4 Å². The number of nitrogen functional groups attached to an aromatic ring is 1. The van der Waals surface area contributed by atoms with Crippen molar-refractivity contribution in [1.82, 2.24) is 9.55 Å². The average Bonchev–Trinajstić information content (AvgIpc) is 2.79. The normalized spacial score (nSPS) is 11.2. The molecule has 2 aromatic carbocycles. The number of nitrogens with zero attached hydrogens (tertiary/aromatic N) is 2. The molecule has 0 saturated carbocycles. The summed E-state index contributed by atoms with van der Waals surface area (Å²) in [6.07, 6.45) is 0. The van der Waals surface area contributed by atoms with Crippen LogP contribution in [-0.4, -0.2) is 9.55 Å². The second-order valence-corrected chi connectivity index (χ2v) is 5.32. The maximum atomic E-state index is 6.05. The minimum atomic E-state index is 0.707. The predicted molar refractivity (Wildman–Crippen MR) is 85.0 cm³/mol. The van der Waals surface area contributed by atoms with Gasteiger partial charge in [0.15, 0.2) is 0 Å². The Bertz CT molecular complexity index is 790. The summed E-state index contributed by atoms with van der Waals surface area (Å²) in [6.45, 7) is 4.98. The van der Waals surface area contributed by atoms with E-state index in [-0.39, 0.29) is 0 Å². The van der Waals surface area contributed by atoms with Crippen LogP contribution < -0.4 is 5.73 Å². The van der Waals surface area contributed by atoms with Gasteiger partial charge < -0.3 is 10.3 Å². The van der Waals surface area contributed by atoms with Crippen LogP contribution in [0.25, 0.3) is 22.4 Å². The molecule has 0 aliphatic heterocycles. The molecule has 1 aromatic heterocycles. The summed E-state index contributed by atoms with van der Waals surface area (Å²) in [6, 6.07) is 11.8. The van der Waals surface area contributed by atoms with Gasteiger partial charge in [0.2, 0.25) is 0 Å². The Morgan fingerprint density at radius 2 is 2.00 bits per heavy atom. The highest BCUT2D eigenvalue weighted by Gasteiger charge is 2.12. The van der Waals surface area contributed by atoms with Crippen LogP contribution in [0.4, 0.5) is 5.69 Å². The van der Waals surface area contributed by atoms with Crippen LogP contribution in [0, 0.1) is 6.92 Å². The van der Waals surface area contributed by atoms with Crippen LogP contribution in [-0.2, 0) is 6.54 Å². The molecule has 0 aliphatic carbocycles. The number of hydrogen-bond acceptors (Lipinski definition) is 2. The summed E-state index contributed by atoms with van der Waals surface area (Å²) in [5.74, 6) is 0.952. The molecule has 2 N–H and O–H groups in total. The highest BCUT2D eigenvalue weighted by atomic mass is 35.5. The molecule has 0 radical (unpaired) electrons. The second-order valence-electron chi connectivity index (χ2n) is 4.88. The van der Waals surface area contributed by atoms with E-state index in [2.05, 4.69) is 17.6 Å². The number of nitrogens with two attached hydrogens (primary N) is 1. The van der Waals surface area contributed by atoms with Gasteiger partial charge in [0.1, 0.15) is 5.82 Å². The highest BCUT2D eigenvalue weighted by molar-refractivity contribution is 6.31. The fourth-order valence-corrected chi connectivity index (χ4v) is 2.62. The van der Waals surface area contributed by atoms with E-state index in [1.165, 1.54) is 0 Å². The number of fused-ring (bicyclic) bond motifs is 1. The number of hydrogen-bond donors (Lipinski definition) is 1. The Balaban J connectivity index is 2.26. The Labute approximate surface area is 123 Å². The van der Waals surface area contributed by atoms with Crippen LogP contribution in [0.3, 0.4) is 0 Å². The van der Waals surface area contributed by atoms with Crippen molar-refractivity contribution in [3.05, 3.63) is 47.0 Å². The van der Waals surface area contributed by atoms with Crippen LogP contribution in [0.15, 0.2) is 36.4 Å². The van der Waals surface area contributed by atoms with Gasteiger partial charge in [-0.1, -0.05) is 11.6 Å². The topological polar surface area (TPSA) is 43.8 Å². The van der Waals surface area contributed by atoms with Gasteiger partial charge >= 0.3 is 0 Å². The van der Waals surface area contributed by atoms with Gasteiger partial charge in [-0.25, -0.2) is 4.98 Å². The molecule has 0 amide bonds. The zero-order valence-electron chi connectivity index (χ0n) is 11.5.